The fraction of sp³-hybridized carbons (Fsp3) is 0.224. The molecule has 0 spiro atoms. The topological polar surface area (TPSA) is 309 Å². The Labute approximate surface area is 438 Å². The summed E-state index contributed by atoms with van der Waals surface area (Å²) in [6, 6.07) is 27.4. The Bertz CT molecular complexity index is 3300. The van der Waals surface area contributed by atoms with Crippen molar-refractivity contribution in [2.45, 2.75) is 45.4 Å². The molecule has 0 aliphatic heterocycles. The van der Waals surface area contributed by atoms with E-state index in [1.54, 1.807) is 57.3 Å². The normalized spacial score (nSPS) is 10.8. The predicted molar refractivity (Wildman–Crippen MR) is 293 cm³/mol. The van der Waals surface area contributed by atoms with Gasteiger partial charge in [0.25, 0.3) is 10.1 Å². The highest BCUT2D eigenvalue weighted by Crippen LogP contribution is 2.39. The van der Waals surface area contributed by atoms with Crippen molar-refractivity contribution < 1.29 is 45.8 Å². The van der Waals surface area contributed by atoms with Gasteiger partial charge in [0.1, 0.15) is 25.9 Å². The molecule has 400 valence electrons. The van der Waals surface area contributed by atoms with Crippen LogP contribution in [0.3, 0.4) is 0 Å². The maximum absolute atomic E-state index is 13.5. The fourth-order valence-corrected chi connectivity index (χ4v) is 8.85. The number of aliphatic hydroxyl groups is 1. The summed E-state index contributed by atoms with van der Waals surface area (Å²) < 4.78 is 80.4. The number of anilines is 7. The van der Waals surface area contributed by atoms with Crippen molar-refractivity contribution in [3.63, 3.8) is 0 Å². The van der Waals surface area contributed by atoms with Crippen LogP contribution in [0, 0.1) is 52.6 Å². The second-order valence-electron chi connectivity index (χ2n) is 16.8. The molecule has 7 N–H and O–H groups in total. The van der Waals surface area contributed by atoms with Gasteiger partial charge >= 0.3 is 11.4 Å². The first-order chi connectivity index (χ1) is 35.0. The standard InChI is InChI=1S/C19H19FN5O3P.C13H15ClN3OP.C7H8O3S.C6H5FN2O2.C4H10O/c1-12-11-21-19(22-13-8-9-14(20)16(10-13)25(26)27)24-18(12)23-15-6-4-5-7-17(15)29(2,3)28;1-9-8-15-13(14)17-12(9)16-10-6-4-5-7-11(10)19(2,3)18;1-6-2-4-7(5-3-6)11(8,9)10;7-5-2-1-4(8)3-6(5)9(10)11;1-2-3-4-5/h4-11H,1-3H3,(H2,21,22,23,24);4-8H,1-3H3,(H,15,16,17);2-5H,1H3,(H,8,9,10);1-3H,8H2;5H,2-4H2,1H3. The maximum Gasteiger partial charge on any atom is 0.306 e. The molecule has 0 amide bonds. The van der Waals surface area contributed by atoms with E-state index in [2.05, 4.69) is 42.8 Å². The second kappa shape index (κ2) is 28.4. The first-order valence-electron chi connectivity index (χ1n) is 22.3. The zero-order valence-corrected chi connectivity index (χ0v) is 45.4. The number of nitro benzene ring substituents is 2. The minimum absolute atomic E-state index is 0.0666. The van der Waals surface area contributed by atoms with Crippen LogP contribution in [0.2, 0.25) is 5.28 Å². The van der Waals surface area contributed by atoms with Crippen LogP contribution in [0.15, 0.2) is 126 Å². The summed E-state index contributed by atoms with van der Waals surface area (Å²) in [5.41, 5.74) is 8.45. The number of aromatic nitrogens is 4. The van der Waals surface area contributed by atoms with Crippen molar-refractivity contribution in [1.82, 2.24) is 19.9 Å². The molecule has 0 unspecified atom stereocenters. The van der Waals surface area contributed by atoms with E-state index >= 15 is 0 Å². The van der Waals surface area contributed by atoms with E-state index in [0.29, 0.717) is 29.2 Å². The molecule has 2 aromatic heterocycles. The lowest BCUT2D eigenvalue weighted by Gasteiger charge is -2.16. The summed E-state index contributed by atoms with van der Waals surface area (Å²) in [6.45, 7) is 14.8. The molecular weight excluding hydrogens is 1060 g/mol. The van der Waals surface area contributed by atoms with Gasteiger partial charge in [0.15, 0.2) is 0 Å². The molecule has 0 saturated heterocycles. The van der Waals surface area contributed by atoms with Crippen molar-refractivity contribution in [3.8, 4) is 0 Å². The second-order valence-corrected chi connectivity index (χ2v) is 24.9. The Morgan fingerprint density at radius 2 is 1.16 bits per heavy atom. The van der Waals surface area contributed by atoms with Crippen LogP contribution in [0.1, 0.15) is 36.5 Å². The van der Waals surface area contributed by atoms with Gasteiger partial charge in [-0.2, -0.15) is 22.2 Å². The Hall–Kier alpha value is -7.26. The summed E-state index contributed by atoms with van der Waals surface area (Å²) in [7, 11) is -8.89. The number of nitrogens with one attached hydrogen (secondary N) is 3. The monoisotopic (exact) mass is 1110 g/mol. The first-order valence-corrected chi connectivity index (χ1v) is 29.3. The van der Waals surface area contributed by atoms with Gasteiger partial charge < -0.3 is 35.9 Å². The fourth-order valence-electron chi connectivity index (χ4n) is 5.93. The molecule has 20 nitrogen and oxygen atoms in total. The first kappa shape index (κ1) is 62.0. The molecule has 2 heterocycles. The summed E-state index contributed by atoms with van der Waals surface area (Å²) >= 11 is 5.80. The van der Waals surface area contributed by atoms with Crippen molar-refractivity contribution in [2.24, 2.45) is 0 Å². The van der Waals surface area contributed by atoms with Crippen LogP contribution in [0.25, 0.3) is 0 Å². The third-order valence-corrected chi connectivity index (χ3v) is 13.9. The molecule has 75 heavy (non-hydrogen) atoms. The van der Waals surface area contributed by atoms with Crippen LogP contribution in [0.4, 0.5) is 60.5 Å². The third-order valence-electron chi connectivity index (χ3n) is 9.78. The number of halogens is 3. The van der Waals surface area contributed by atoms with Crippen molar-refractivity contribution in [1.29, 1.82) is 0 Å². The molecule has 0 bridgehead atoms. The summed E-state index contributed by atoms with van der Waals surface area (Å²) in [6.07, 6.45) is 5.27. The number of hydrogen-bond donors (Lipinski definition) is 6. The van der Waals surface area contributed by atoms with Gasteiger partial charge in [0, 0.05) is 64.2 Å². The Morgan fingerprint density at radius 1 is 0.693 bits per heavy atom. The molecule has 0 radical (unpaired) electrons. The molecule has 5 aromatic carbocycles. The number of aryl methyl sites for hydroxylation is 3. The molecular formula is C49H57ClF2N10O10P2S. The molecule has 0 aliphatic rings. The molecule has 7 rings (SSSR count). The summed E-state index contributed by atoms with van der Waals surface area (Å²) in [5.74, 6) is -0.509. The van der Waals surface area contributed by atoms with E-state index in [9.17, 15) is 46.6 Å². The van der Waals surface area contributed by atoms with Gasteiger partial charge in [-0.15, -0.1) is 0 Å². The highest BCUT2D eigenvalue weighted by Gasteiger charge is 2.19. The van der Waals surface area contributed by atoms with Gasteiger partial charge in [0.05, 0.1) is 26.1 Å². The zero-order valence-electron chi connectivity index (χ0n) is 42.0. The zero-order chi connectivity index (χ0) is 56.3. The molecule has 26 heteroatoms. The molecule has 0 aliphatic carbocycles. The number of aliphatic hydroxyl groups excluding tert-OH is 1. The van der Waals surface area contributed by atoms with Crippen molar-refractivity contribution >= 4 is 98.3 Å². The molecule has 0 fully saturated rings. The largest absolute Gasteiger partial charge is 0.399 e. The Morgan fingerprint density at radius 3 is 1.60 bits per heavy atom. The van der Waals surface area contributed by atoms with Crippen LogP contribution in [-0.4, -0.2) is 81.1 Å². The molecule has 0 atom stereocenters. The van der Waals surface area contributed by atoms with Crippen molar-refractivity contribution in [2.75, 3.05) is 55.0 Å². The van der Waals surface area contributed by atoms with E-state index < -0.39 is 57.3 Å². The van der Waals surface area contributed by atoms with Gasteiger partial charge in [-0.1, -0.05) is 55.3 Å². The van der Waals surface area contributed by atoms with Gasteiger partial charge in [-0.25, -0.2) is 15.0 Å². The molecule has 7 aromatic rings. The minimum atomic E-state index is -4.02. The van der Waals surface area contributed by atoms with Crippen LogP contribution < -0.4 is 32.3 Å². The minimum Gasteiger partial charge on any atom is -0.399 e. The maximum atomic E-state index is 13.5. The van der Waals surface area contributed by atoms with Crippen LogP contribution in [0.5, 0.6) is 0 Å². The number of hydrogen-bond acceptors (Lipinski definition) is 17. The smallest absolute Gasteiger partial charge is 0.306 e. The Balaban J connectivity index is 0.000000276. The lowest BCUT2D eigenvalue weighted by Crippen LogP contribution is -2.11. The summed E-state index contributed by atoms with van der Waals surface area (Å²) in [4.78, 5) is 35.9. The number of nitrogens with two attached hydrogens (primary N) is 1. The van der Waals surface area contributed by atoms with E-state index in [1.807, 2.05) is 63.2 Å². The lowest BCUT2D eigenvalue weighted by molar-refractivity contribution is -0.387. The average molecular weight is 1110 g/mol. The van der Waals surface area contributed by atoms with E-state index in [0.717, 1.165) is 64.8 Å². The van der Waals surface area contributed by atoms with Crippen LogP contribution >= 0.6 is 25.9 Å². The number of para-hydroxylation sites is 2. The SMILES string of the molecule is CCCCO.Cc1ccc(S(=O)(=O)O)cc1.Cc1cnc(Cl)nc1Nc1ccccc1P(C)(C)=O.Cc1cnc(Nc2ccc(F)c([N+](=O)[O-])c2)nc1Nc1ccccc1P(C)(C)=O.Nc1ccc(F)c([N+](=O)[O-])c1. The number of unbranched alkanes of at least 4 members (excludes halogenated alkanes) is 1. The number of benzene rings is 5. The number of nitrogens with zero attached hydrogens (tertiary/aromatic N) is 6. The molecule has 0 saturated carbocycles. The predicted octanol–water partition coefficient (Wildman–Crippen LogP) is 11.3. The number of nitrogen functional groups attached to an aromatic ring is 1. The average Bonchev–Trinajstić information content (AvgIpc) is 3.33. The highest BCUT2D eigenvalue weighted by atomic mass is 35.5. The van der Waals surface area contributed by atoms with E-state index in [1.165, 1.54) is 24.3 Å². The lowest BCUT2D eigenvalue weighted by atomic mass is 10.2. The van der Waals surface area contributed by atoms with Gasteiger partial charge in [-0.3, -0.25) is 24.8 Å². The van der Waals surface area contributed by atoms with E-state index in [-0.39, 0.29) is 27.5 Å². The Kier molecular flexibility index (Phi) is 23.5. The van der Waals surface area contributed by atoms with Gasteiger partial charge in [0.2, 0.25) is 22.9 Å². The highest BCUT2D eigenvalue weighted by molar-refractivity contribution is 7.85. The van der Waals surface area contributed by atoms with Gasteiger partial charge in [-0.05, 0) is 126 Å². The third kappa shape index (κ3) is 20.5. The quantitative estimate of drug-likeness (QED) is 0.0156. The summed E-state index contributed by atoms with van der Waals surface area (Å²) in [5, 5.41) is 39.9. The van der Waals surface area contributed by atoms with E-state index in [4.69, 9.17) is 27.0 Å². The van der Waals surface area contributed by atoms with Crippen molar-refractivity contribution in [3.05, 3.63) is 175 Å². The number of nitro groups is 2. The van der Waals surface area contributed by atoms with Crippen LogP contribution in [-0.2, 0) is 19.2 Å². The number of rotatable bonds is 13.